The number of para-hydroxylation sites is 1. The lowest BCUT2D eigenvalue weighted by molar-refractivity contribution is 0.331. The van der Waals surface area contributed by atoms with E-state index in [4.69, 9.17) is 11.6 Å². The fraction of sp³-hybridized carbons (Fsp3) is 0.438. The maximum absolute atomic E-state index is 5.89. The van der Waals surface area contributed by atoms with E-state index < -0.39 is 0 Å². The van der Waals surface area contributed by atoms with Gasteiger partial charge in [0, 0.05) is 29.5 Å². The first-order chi connectivity index (χ1) is 9.18. The lowest BCUT2D eigenvalue weighted by Gasteiger charge is -2.29. The first-order valence-electron chi connectivity index (χ1n) is 6.82. The van der Waals surface area contributed by atoms with E-state index in [-0.39, 0.29) is 5.54 Å². The van der Waals surface area contributed by atoms with Crippen LogP contribution >= 0.6 is 11.6 Å². The SMILES string of the molecule is CCC(C)(CCCl)NCc1cccc2cccnc12. The molecule has 1 N–H and O–H groups in total. The first-order valence-corrected chi connectivity index (χ1v) is 7.35. The standard InChI is InChI=1S/C16H21ClN2/c1-3-16(2,9-10-17)19-12-14-7-4-6-13-8-5-11-18-15(13)14/h4-8,11,19H,3,9-10,12H2,1-2H3. The first kappa shape index (κ1) is 14.3. The fourth-order valence-corrected chi connectivity index (χ4v) is 2.63. The molecule has 2 aromatic rings. The minimum absolute atomic E-state index is 0.0959. The van der Waals surface area contributed by atoms with Crippen LogP contribution in [0.1, 0.15) is 32.3 Å². The molecule has 19 heavy (non-hydrogen) atoms. The molecule has 1 unspecified atom stereocenters. The molecular weight excluding hydrogens is 256 g/mol. The highest BCUT2D eigenvalue weighted by molar-refractivity contribution is 6.17. The van der Waals surface area contributed by atoms with Crippen molar-refractivity contribution in [1.29, 1.82) is 0 Å². The van der Waals surface area contributed by atoms with Crippen molar-refractivity contribution in [3.63, 3.8) is 0 Å². The van der Waals surface area contributed by atoms with Crippen molar-refractivity contribution in [2.45, 2.75) is 38.8 Å². The molecule has 0 fully saturated rings. The van der Waals surface area contributed by atoms with Crippen LogP contribution in [0.2, 0.25) is 0 Å². The zero-order chi connectivity index (χ0) is 13.7. The van der Waals surface area contributed by atoms with Crippen LogP contribution in [0, 0.1) is 0 Å². The molecule has 0 saturated heterocycles. The molecule has 1 aromatic heterocycles. The third kappa shape index (κ3) is 3.46. The van der Waals surface area contributed by atoms with E-state index in [9.17, 15) is 0 Å². The lowest BCUT2D eigenvalue weighted by atomic mass is 9.95. The molecule has 2 nitrogen and oxygen atoms in total. The summed E-state index contributed by atoms with van der Waals surface area (Å²) in [6.07, 6.45) is 3.89. The lowest BCUT2D eigenvalue weighted by Crippen LogP contribution is -2.41. The van der Waals surface area contributed by atoms with Crippen LogP contribution in [0.5, 0.6) is 0 Å². The Labute approximate surface area is 120 Å². The van der Waals surface area contributed by atoms with Gasteiger partial charge < -0.3 is 5.32 Å². The summed E-state index contributed by atoms with van der Waals surface area (Å²) in [4.78, 5) is 4.49. The molecule has 0 spiro atoms. The second-order valence-corrected chi connectivity index (χ2v) is 5.58. The number of fused-ring (bicyclic) bond motifs is 1. The van der Waals surface area contributed by atoms with Crippen LogP contribution in [0.25, 0.3) is 10.9 Å². The number of rotatable bonds is 6. The van der Waals surface area contributed by atoms with Crippen LogP contribution in [-0.4, -0.2) is 16.4 Å². The van der Waals surface area contributed by atoms with Crippen LogP contribution in [0.4, 0.5) is 0 Å². The van der Waals surface area contributed by atoms with Gasteiger partial charge in [0.25, 0.3) is 0 Å². The Bertz CT molecular complexity index is 536. The molecule has 0 bridgehead atoms. The molecule has 0 aliphatic rings. The van der Waals surface area contributed by atoms with Crippen LogP contribution in [-0.2, 0) is 6.54 Å². The number of nitrogens with zero attached hydrogens (tertiary/aromatic N) is 1. The maximum Gasteiger partial charge on any atom is 0.0746 e. The molecule has 0 saturated carbocycles. The normalized spacial score (nSPS) is 14.5. The van der Waals surface area contributed by atoms with Crippen molar-refractivity contribution in [2.24, 2.45) is 0 Å². The number of aromatic nitrogens is 1. The van der Waals surface area contributed by atoms with Gasteiger partial charge >= 0.3 is 0 Å². The summed E-state index contributed by atoms with van der Waals surface area (Å²) in [6, 6.07) is 10.4. The summed E-state index contributed by atoms with van der Waals surface area (Å²) in [5, 5.41) is 4.82. The summed E-state index contributed by atoms with van der Waals surface area (Å²) in [5.74, 6) is 0.686. The van der Waals surface area contributed by atoms with Crippen molar-refractivity contribution in [3.05, 3.63) is 42.1 Å². The Morgan fingerprint density at radius 2 is 2.05 bits per heavy atom. The van der Waals surface area contributed by atoms with Crippen molar-refractivity contribution in [2.75, 3.05) is 5.88 Å². The molecule has 0 aliphatic heterocycles. The fourth-order valence-electron chi connectivity index (χ4n) is 2.22. The van der Waals surface area contributed by atoms with E-state index in [1.54, 1.807) is 0 Å². The summed E-state index contributed by atoms with van der Waals surface area (Å²) >= 11 is 5.89. The van der Waals surface area contributed by atoms with Gasteiger partial charge in [0.15, 0.2) is 0 Å². The van der Waals surface area contributed by atoms with Crippen molar-refractivity contribution in [3.8, 4) is 0 Å². The van der Waals surface area contributed by atoms with E-state index in [1.807, 2.05) is 12.3 Å². The van der Waals surface area contributed by atoms with E-state index in [2.05, 4.69) is 48.4 Å². The highest BCUT2D eigenvalue weighted by atomic mass is 35.5. The van der Waals surface area contributed by atoms with Crippen LogP contribution in [0.15, 0.2) is 36.5 Å². The number of nitrogens with one attached hydrogen (secondary N) is 1. The van der Waals surface area contributed by atoms with E-state index in [0.717, 1.165) is 24.9 Å². The second-order valence-electron chi connectivity index (χ2n) is 5.20. The maximum atomic E-state index is 5.89. The topological polar surface area (TPSA) is 24.9 Å². The number of halogens is 1. The van der Waals surface area contributed by atoms with E-state index >= 15 is 0 Å². The molecular formula is C16H21ClN2. The minimum atomic E-state index is 0.0959. The predicted octanol–water partition coefficient (Wildman–Crippen LogP) is 4.12. The quantitative estimate of drug-likeness (QED) is 0.803. The van der Waals surface area contributed by atoms with Gasteiger partial charge in [-0.25, -0.2) is 0 Å². The molecule has 102 valence electrons. The molecule has 1 atom stereocenters. The van der Waals surface area contributed by atoms with Gasteiger partial charge in [-0.2, -0.15) is 0 Å². The third-order valence-corrected chi connectivity index (χ3v) is 4.04. The van der Waals surface area contributed by atoms with Crippen molar-refractivity contribution in [1.82, 2.24) is 10.3 Å². The van der Waals surface area contributed by atoms with Gasteiger partial charge in [-0.1, -0.05) is 31.2 Å². The van der Waals surface area contributed by atoms with Gasteiger partial charge in [0.1, 0.15) is 0 Å². The Kier molecular flexibility index (Phi) is 4.78. The minimum Gasteiger partial charge on any atom is -0.307 e. The summed E-state index contributed by atoms with van der Waals surface area (Å²) in [5.41, 5.74) is 2.42. The highest BCUT2D eigenvalue weighted by Gasteiger charge is 2.20. The Morgan fingerprint density at radius 1 is 1.26 bits per heavy atom. The van der Waals surface area contributed by atoms with Gasteiger partial charge in [-0.05, 0) is 31.4 Å². The molecule has 3 heteroatoms. The average molecular weight is 277 g/mol. The predicted molar refractivity (Wildman–Crippen MR) is 82.6 cm³/mol. The van der Waals surface area contributed by atoms with Gasteiger partial charge in [-0.15, -0.1) is 11.6 Å². The molecule has 0 radical (unpaired) electrons. The monoisotopic (exact) mass is 276 g/mol. The van der Waals surface area contributed by atoms with Crippen LogP contribution in [0.3, 0.4) is 0 Å². The number of benzene rings is 1. The van der Waals surface area contributed by atoms with Crippen LogP contribution < -0.4 is 5.32 Å². The van der Waals surface area contributed by atoms with Gasteiger partial charge in [0.05, 0.1) is 5.52 Å². The molecule has 0 amide bonds. The van der Waals surface area contributed by atoms with Crippen molar-refractivity contribution < 1.29 is 0 Å². The molecule has 2 rings (SSSR count). The molecule has 0 aliphatic carbocycles. The van der Waals surface area contributed by atoms with Crippen molar-refractivity contribution >= 4 is 22.5 Å². The number of hydrogen-bond acceptors (Lipinski definition) is 2. The Morgan fingerprint density at radius 3 is 2.79 bits per heavy atom. The summed E-state index contributed by atoms with van der Waals surface area (Å²) < 4.78 is 0. The van der Waals surface area contributed by atoms with Gasteiger partial charge in [-0.3, -0.25) is 4.98 Å². The van der Waals surface area contributed by atoms with E-state index in [0.29, 0.717) is 5.88 Å². The highest BCUT2D eigenvalue weighted by Crippen LogP contribution is 2.19. The van der Waals surface area contributed by atoms with E-state index in [1.165, 1.54) is 10.9 Å². The zero-order valence-electron chi connectivity index (χ0n) is 11.6. The largest absolute Gasteiger partial charge is 0.307 e. The van der Waals surface area contributed by atoms with Gasteiger partial charge in [0.2, 0.25) is 0 Å². The Balaban J connectivity index is 2.17. The smallest absolute Gasteiger partial charge is 0.0746 e. The number of alkyl halides is 1. The Hall–Kier alpha value is -1.12. The molecule has 1 heterocycles. The zero-order valence-corrected chi connectivity index (χ0v) is 12.4. The average Bonchev–Trinajstić information content (AvgIpc) is 2.45. The third-order valence-electron chi connectivity index (χ3n) is 3.85. The molecule has 1 aromatic carbocycles. The summed E-state index contributed by atoms with van der Waals surface area (Å²) in [6.45, 7) is 5.25. The number of hydrogen-bond donors (Lipinski definition) is 1. The second kappa shape index (κ2) is 6.36. The number of pyridine rings is 1. The summed E-state index contributed by atoms with van der Waals surface area (Å²) in [7, 11) is 0.